The van der Waals surface area contributed by atoms with Crippen LogP contribution in [0.4, 0.5) is 5.69 Å². The van der Waals surface area contributed by atoms with Gasteiger partial charge in [-0.3, -0.25) is 9.59 Å². The number of carbonyl (C=O) groups excluding carboxylic acids is 1. The van der Waals surface area contributed by atoms with Crippen molar-refractivity contribution in [2.45, 2.75) is 39.5 Å². The van der Waals surface area contributed by atoms with Crippen LogP contribution in [-0.2, 0) is 4.57 Å². The minimum absolute atomic E-state index is 0.0466. The zero-order valence-electron chi connectivity index (χ0n) is 19.0. The lowest BCUT2D eigenvalue weighted by atomic mass is 9.88. The molecule has 0 aliphatic heterocycles. The molecule has 3 rings (SSSR count). The smallest absolute Gasteiger partial charge is 0.373 e. The molecular formula is C22H26N5O5P. The molecule has 0 bridgehead atoms. The van der Waals surface area contributed by atoms with Crippen LogP contribution in [0.1, 0.15) is 61.0 Å². The molecule has 3 aromatic rings. The average Bonchev–Trinajstić information content (AvgIpc) is 2.73. The van der Waals surface area contributed by atoms with E-state index in [1.165, 1.54) is 6.20 Å². The van der Waals surface area contributed by atoms with Gasteiger partial charge in [-0.2, -0.15) is 5.10 Å². The van der Waals surface area contributed by atoms with E-state index in [0.29, 0.717) is 5.69 Å². The summed E-state index contributed by atoms with van der Waals surface area (Å²) in [6.45, 7) is 8.95. The number of H-pyrrole nitrogens is 1. The molecule has 3 N–H and O–H groups in total. The molecule has 0 fully saturated rings. The number of anilines is 1. The van der Waals surface area contributed by atoms with Crippen LogP contribution < -0.4 is 15.4 Å². The van der Waals surface area contributed by atoms with Crippen molar-refractivity contribution in [3.05, 3.63) is 63.7 Å². The second-order valence-corrected chi connectivity index (χ2v) is 9.97. The Bertz CT molecular complexity index is 1270. The first-order chi connectivity index (χ1) is 15.5. The Morgan fingerprint density at radius 3 is 2.45 bits per heavy atom. The predicted molar refractivity (Wildman–Crippen MR) is 125 cm³/mol. The predicted octanol–water partition coefficient (Wildman–Crippen LogP) is 3.92. The van der Waals surface area contributed by atoms with Gasteiger partial charge in [0.2, 0.25) is 0 Å². The van der Waals surface area contributed by atoms with Crippen LogP contribution in [0.2, 0.25) is 0 Å². The number of amides is 1. The Hall–Kier alpha value is -3.36. The first-order valence-corrected chi connectivity index (χ1v) is 12.4. The van der Waals surface area contributed by atoms with E-state index in [9.17, 15) is 19.0 Å². The Balaban J connectivity index is 2.06. The van der Waals surface area contributed by atoms with Crippen LogP contribution >= 0.6 is 7.60 Å². The average molecular weight is 471 g/mol. The number of aromatic nitrogens is 4. The van der Waals surface area contributed by atoms with Crippen molar-refractivity contribution >= 4 is 19.2 Å². The van der Waals surface area contributed by atoms with Gasteiger partial charge >= 0.3 is 7.60 Å². The number of carbonyl (C=O) groups is 1. The van der Waals surface area contributed by atoms with Gasteiger partial charge in [-0.15, -0.1) is 5.10 Å². The molecule has 0 saturated heterocycles. The van der Waals surface area contributed by atoms with E-state index >= 15 is 0 Å². The van der Waals surface area contributed by atoms with Crippen molar-refractivity contribution in [3.63, 3.8) is 0 Å². The van der Waals surface area contributed by atoms with Crippen molar-refractivity contribution in [3.8, 4) is 17.3 Å². The van der Waals surface area contributed by atoms with E-state index in [4.69, 9.17) is 4.52 Å². The SMILES string of the molecule is CC(C)c1ccc(OP(C)(=O)O)c(NC(=O)c2cnc(-c3cccnn3)[nH]c2=O)c1C(C)C. The molecule has 174 valence electrons. The third-order valence-electron chi connectivity index (χ3n) is 4.81. The maximum Gasteiger partial charge on any atom is 0.373 e. The molecule has 0 saturated carbocycles. The van der Waals surface area contributed by atoms with E-state index in [1.807, 2.05) is 33.8 Å². The summed E-state index contributed by atoms with van der Waals surface area (Å²) in [5.74, 6) is -0.445. The van der Waals surface area contributed by atoms with Crippen molar-refractivity contribution in [2.24, 2.45) is 0 Å². The Morgan fingerprint density at radius 1 is 1.18 bits per heavy atom. The lowest BCUT2D eigenvalue weighted by Gasteiger charge is -2.24. The van der Waals surface area contributed by atoms with Crippen molar-refractivity contribution in [1.82, 2.24) is 20.2 Å². The number of aromatic amines is 1. The molecule has 0 aliphatic rings. The lowest BCUT2D eigenvalue weighted by Crippen LogP contribution is -2.25. The monoisotopic (exact) mass is 471 g/mol. The van der Waals surface area contributed by atoms with Gasteiger partial charge in [-0.1, -0.05) is 33.8 Å². The fraction of sp³-hybridized carbons (Fsp3) is 0.318. The van der Waals surface area contributed by atoms with Crippen LogP contribution in [0.15, 0.2) is 41.5 Å². The van der Waals surface area contributed by atoms with Gasteiger partial charge < -0.3 is 19.7 Å². The maximum atomic E-state index is 13.1. The summed E-state index contributed by atoms with van der Waals surface area (Å²) in [5.41, 5.74) is 1.40. The standard InChI is InChI=1S/C22H26N5O5P/c1-12(2)14-8-9-17(32-33(5,30)31)19(18(14)13(3)4)25-21(28)15-11-23-20(26-22(15)29)16-7-6-10-24-27-16/h6-13H,1-5H3,(H,25,28)(H,30,31)(H,23,26,29). The second kappa shape index (κ2) is 9.64. The summed E-state index contributed by atoms with van der Waals surface area (Å²) in [6, 6.07) is 6.62. The van der Waals surface area contributed by atoms with Crippen LogP contribution in [-0.4, -0.2) is 37.6 Å². The molecule has 10 nitrogen and oxygen atoms in total. The van der Waals surface area contributed by atoms with Gasteiger partial charge in [0.05, 0.1) is 5.69 Å². The summed E-state index contributed by atoms with van der Waals surface area (Å²) in [4.78, 5) is 42.1. The van der Waals surface area contributed by atoms with Crippen molar-refractivity contribution in [1.29, 1.82) is 0 Å². The third-order valence-corrected chi connectivity index (χ3v) is 5.34. The molecule has 2 heterocycles. The Kier molecular flexibility index (Phi) is 7.09. The van der Waals surface area contributed by atoms with Crippen LogP contribution in [0.5, 0.6) is 5.75 Å². The second-order valence-electron chi connectivity index (χ2n) is 8.18. The lowest BCUT2D eigenvalue weighted by molar-refractivity contribution is 0.102. The van der Waals surface area contributed by atoms with Crippen LogP contribution in [0, 0.1) is 0 Å². The van der Waals surface area contributed by atoms with E-state index in [-0.39, 0.29) is 34.7 Å². The maximum absolute atomic E-state index is 13.1. The summed E-state index contributed by atoms with van der Waals surface area (Å²) in [7, 11) is -3.91. The van der Waals surface area contributed by atoms with Gasteiger partial charge in [0.15, 0.2) is 11.6 Å². The minimum Gasteiger partial charge on any atom is -0.422 e. The van der Waals surface area contributed by atoms with Crippen molar-refractivity contribution in [2.75, 3.05) is 12.0 Å². The summed E-state index contributed by atoms with van der Waals surface area (Å²) in [6.07, 6.45) is 2.64. The largest absolute Gasteiger partial charge is 0.422 e. The molecule has 33 heavy (non-hydrogen) atoms. The van der Waals surface area contributed by atoms with E-state index in [2.05, 4.69) is 25.5 Å². The Morgan fingerprint density at radius 2 is 1.91 bits per heavy atom. The molecule has 1 aromatic carbocycles. The van der Waals surface area contributed by atoms with Crippen LogP contribution in [0.25, 0.3) is 11.5 Å². The molecule has 0 aliphatic carbocycles. The number of hydrogen-bond donors (Lipinski definition) is 3. The summed E-state index contributed by atoms with van der Waals surface area (Å²) >= 11 is 0. The van der Waals surface area contributed by atoms with E-state index in [0.717, 1.165) is 24.0 Å². The zero-order valence-corrected chi connectivity index (χ0v) is 19.9. The number of benzene rings is 1. The molecule has 1 atom stereocenters. The molecule has 0 spiro atoms. The van der Waals surface area contributed by atoms with E-state index in [1.54, 1.807) is 18.2 Å². The van der Waals surface area contributed by atoms with Crippen LogP contribution in [0.3, 0.4) is 0 Å². The first-order valence-electron chi connectivity index (χ1n) is 10.3. The molecule has 0 radical (unpaired) electrons. The first kappa shape index (κ1) is 24.3. The highest BCUT2D eigenvalue weighted by atomic mass is 31.2. The zero-order chi connectivity index (χ0) is 24.3. The number of hydrogen-bond acceptors (Lipinski definition) is 7. The Labute approximate surface area is 191 Å². The number of nitrogens with zero attached hydrogens (tertiary/aromatic N) is 3. The topological polar surface area (TPSA) is 147 Å². The van der Waals surface area contributed by atoms with Gasteiger partial charge in [0, 0.05) is 19.1 Å². The number of nitrogens with one attached hydrogen (secondary N) is 2. The molecule has 2 aromatic heterocycles. The molecule has 11 heteroatoms. The van der Waals surface area contributed by atoms with Crippen molar-refractivity contribution < 1.29 is 18.8 Å². The third kappa shape index (κ3) is 5.71. The fourth-order valence-corrected chi connectivity index (χ4v) is 3.94. The van der Waals surface area contributed by atoms with Gasteiger partial charge in [-0.25, -0.2) is 9.55 Å². The fourth-order valence-electron chi connectivity index (χ4n) is 3.42. The molecular weight excluding hydrogens is 445 g/mol. The highest BCUT2D eigenvalue weighted by molar-refractivity contribution is 7.52. The summed E-state index contributed by atoms with van der Waals surface area (Å²) < 4.78 is 17.2. The quantitative estimate of drug-likeness (QED) is 0.439. The molecule has 1 amide bonds. The van der Waals surface area contributed by atoms with Gasteiger partial charge in [-0.05, 0) is 41.2 Å². The normalized spacial score (nSPS) is 13.1. The van der Waals surface area contributed by atoms with Gasteiger partial charge in [0.25, 0.3) is 11.5 Å². The minimum atomic E-state index is -3.91. The van der Waals surface area contributed by atoms with Gasteiger partial charge in [0.1, 0.15) is 11.3 Å². The van der Waals surface area contributed by atoms with E-state index < -0.39 is 19.1 Å². The highest BCUT2D eigenvalue weighted by Gasteiger charge is 2.25. The number of rotatable bonds is 7. The highest BCUT2D eigenvalue weighted by Crippen LogP contribution is 2.46. The summed E-state index contributed by atoms with van der Waals surface area (Å²) in [5, 5.41) is 10.3. The molecule has 1 unspecified atom stereocenters.